The molecule has 0 aromatic heterocycles. The van der Waals surface area contributed by atoms with E-state index in [1.807, 2.05) is 24.3 Å². The first kappa shape index (κ1) is 18.3. The van der Waals surface area contributed by atoms with Gasteiger partial charge in [0.1, 0.15) is 5.75 Å². The summed E-state index contributed by atoms with van der Waals surface area (Å²) >= 11 is 0. The van der Waals surface area contributed by atoms with Gasteiger partial charge in [-0.3, -0.25) is 4.79 Å². The number of nitrogens with one attached hydrogen (secondary N) is 1. The summed E-state index contributed by atoms with van der Waals surface area (Å²) in [5, 5.41) is 2.78. The Kier molecular flexibility index (Phi) is 6.34. The molecule has 0 saturated carbocycles. The van der Waals surface area contributed by atoms with Crippen LogP contribution >= 0.6 is 0 Å². The number of carbonyl (C=O) groups excluding carboxylic acids is 2. The number of amides is 1. The van der Waals surface area contributed by atoms with Crippen molar-refractivity contribution in [3.63, 3.8) is 0 Å². The van der Waals surface area contributed by atoms with E-state index in [1.165, 1.54) is 6.08 Å². The summed E-state index contributed by atoms with van der Waals surface area (Å²) < 4.78 is 10.1. The lowest BCUT2D eigenvalue weighted by Gasteiger charge is -2.10. The van der Waals surface area contributed by atoms with E-state index in [-0.39, 0.29) is 5.91 Å². The molecule has 0 radical (unpaired) electrons. The number of rotatable bonds is 6. The van der Waals surface area contributed by atoms with Crippen LogP contribution in [0, 0.1) is 6.92 Å². The van der Waals surface area contributed by atoms with Crippen LogP contribution in [0.2, 0.25) is 0 Å². The summed E-state index contributed by atoms with van der Waals surface area (Å²) in [6.07, 6.45) is 3.15. The highest BCUT2D eigenvalue weighted by Crippen LogP contribution is 2.20. The monoisotopic (exact) mass is 339 g/mol. The van der Waals surface area contributed by atoms with Crippen molar-refractivity contribution < 1.29 is 19.1 Å². The van der Waals surface area contributed by atoms with Gasteiger partial charge in [0.25, 0.3) is 0 Å². The van der Waals surface area contributed by atoms with E-state index in [4.69, 9.17) is 9.47 Å². The fraction of sp³-hybridized carbons (Fsp3) is 0.200. The molecule has 0 atom stereocenters. The van der Waals surface area contributed by atoms with E-state index in [0.717, 1.165) is 11.3 Å². The fourth-order valence-electron chi connectivity index (χ4n) is 2.26. The summed E-state index contributed by atoms with van der Waals surface area (Å²) in [6.45, 7) is 3.83. The van der Waals surface area contributed by atoms with Crippen molar-refractivity contribution in [2.75, 3.05) is 19.0 Å². The zero-order valence-electron chi connectivity index (χ0n) is 14.5. The Morgan fingerprint density at radius 1 is 1.12 bits per heavy atom. The molecule has 0 unspecified atom stereocenters. The summed E-state index contributed by atoms with van der Waals surface area (Å²) in [5.74, 6) is 0.0813. The van der Waals surface area contributed by atoms with Crippen LogP contribution in [0.1, 0.15) is 28.4 Å². The molecule has 130 valence electrons. The second-order valence-electron chi connectivity index (χ2n) is 5.29. The lowest BCUT2D eigenvalue weighted by molar-refractivity contribution is -0.111. The van der Waals surface area contributed by atoms with Gasteiger partial charge >= 0.3 is 5.97 Å². The molecule has 0 fully saturated rings. The largest absolute Gasteiger partial charge is 0.497 e. The van der Waals surface area contributed by atoms with Gasteiger partial charge in [-0.25, -0.2) is 4.79 Å². The third-order valence-electron chi connectivity index (χ3n) is 3.63. The molecule has 0 heterocycles. The first-order valence-electron chi connectivity index (χ1n) is 7.95. The van der Waals surface area contributed by atoms with Gasteiger partial charge in [0, 0.05) is 11.8 Å². The van der Waals surface area contributed by atoms with Crippen molar-refractivity contribution in [1.82, 2.24) is 0 Å². The van der Waals surface area contributed by atoms with Crippen molar-refractivity contribution in [3.05, 3.63) is 65.2 Å². The van der Waals surface area contributed by atoms with Crippen molar-refractivity contribution in [3.8, 4) is 5.75 Å². The number of benzene rings is 2. The van der Waals surface area contributed by atoms with Gasteiger partial charge in [-0.05, 0) is 55.3 Å². The third kappa shape index (κ3) is 4.94. The highest BCUT2D eigenvalue weighted by molar-refractivity contribution is 6.03. The Balaban J connectivity index is 2.08. The predicted molar refractivity (Wildman–Crippen MR) is 97.8 cm³/mol. The molecule has 0 spiro atoms. The van der Waals surface area contributed by atoms with Crippen molar-refractivity contribution >= 4 is 23.6 Å². The van der Waals surface area contributed by atoms with Crippen LogP contribution in [-0.2, 0) is 9.53 Å². The van der Waals surface area contributed by atoms with Gasteiger partial charge in [-0.2, -0.15) is 0 Å². The Bertz CT molecular complexity index is 779. The van der Waals surface area contributed by atoms with E-state index >= 15 is 0 Å². The van der Waals surface area contributed by atoms with Crippen LogP contribution < -0.4 is 10.1 Å². The molecule has 0 aliphatic rings. The Morgan fingerprint density at radius 2 is 1.84 bits per heavy atom. The van der Waals surface area contributed by atoms with Crippen LogP contribution in [0.25, 0.3) is 6.08 Å². The molecule has 0 bridgehead atoms. The van der Waals surface area contributed by atoms with Crippen molar-refractivity contribution in [2.45, 2.75) is 13.8 Å². The molecule has 1 N–H and O–H groups in total. The average Bonchev–Trinajstić information content (AvgIpc) is 2.62. The minimum absolute atomic E-state index is 0.278. The molecule has 25 heavy (non-hydrogen) atoms. The molecule has 2 aromatic carbocycles. The summed E-state index contributed by atoms with van der Waals surface area (Å²) in [4.78, 5) is 24.0. The minimum Gasteiger partial charge on any atom is -0.497 e. The molecule has 1 amide bonds. The number of carbonyl (C=O) groups is 2. The van der Waals surface area contributed by atoms with Gasteiger partial charge in [0.2, 0.25) is 5.91 Å². The minimum atomic E-state index is -0.398. The summed E-state index contributed by atoms with van der Waals surface area (Å²) in [5.41, 5.74) is 2.58. The summed E-state index contributed by atoms with van der Waals surface area (Å²) in [7, 11) is 1.60. The molecule has 0 aliphatic carbocycles. The normalized spacial score (nSPS) is 10.5. The molecule has 5 heteroatoms. The highest BCUT2D eigenvalue weighted by Gasteiger charge is 2.13. The average molecular weight is 339 g/mol. The first-order valence-corrected chi connectivity index (χ1v) is 7.95. The fourth-order valence-corrected chi connectivity index (χ4v) is 2.26. The molecule has 5 nitrogen and oxygen atoms in total. The van der Waals surface area contributed by atoms with Crippen LogP contribution in [0.15, 0.2) is 48.5 Å². The third-order valence-corrected chi connectivity index (χ3v) is 3.63. The van der Waals surface area contributed by atoms with Crippen LogP contribution in [0.3, 0.4) is 0 Å². The van der Waals surface area contributed by atoms with E-state index in [0.29, 0.717) is 23.4 Å². The Morgan fingerprint density at radius 3 is 2.48 bits per heavy atom. The maximum atomic E-state index is 12.1. The molecule has 0 saturated heterocycles. The summed E-state index contributed by atoms with van der Waals surface area (Å²) in [6, 6.07) is 12.5. The highest BCUT2D eigenvalue weighted by atomic mass is 16.5. The number of methoxy groups -OCH3 is 1. The number of esters is 1. The van der Waals surface area contributed by atoms with Gasteiger partial charge in [-0.15, -0.1) is 0 Å². The maximum absolute atomic E-state index is 12.1. The number of anilines is 1. The van der Waals surface area contributed by atoms with Gasteiger partial charge < -0.3 is 14.8 Å². The van der Waals surface area contributed by atoms with E-state index < -0.39 is 5.97 Å². The second kappa shape index (κ2) is 8.68. The second-order valence-corrected chi connectivity index (χ2v) is 5.29. The zero-order valence-corrected chi connectivity index (χ0v) is 14.5. The Hall–Kier alpha value is -3.08. The lowest BCUT2D eigenvalue weighted by Crippen LogP contribution is -2.12. The topological polar surface area (TPSA) is 64.6 Å². The zero-order chi connectivity index (χ0) is 18.2. The lowest BCUT2D eigenvalue weighted by atomic mass is 10.1. The molecule has 0 aliphatic heterocycles. The molecular formula is C20H21NO4. The van der Waals surface area contributed by atoms with Gasteiger partial charge in [0.15, 0.2) is 0 Å². The standard InChI is InChI=1S/C20H21NO4/c1-4-25-20(23)17-6-5-7-18(14(17)2)21-19(22)13-10-15-8-11-16(24-3)12-9-15/h5-13H,4H2,1-3H3,(H,21,22)/b13-10+. The number of hydrogen-bond donors (Lipinski definition) is 1. The number of hydrogen-bond acceptors (Lipinski definition) is 4. The number of ether oxygens (including phenoxy) is 2. The molecule has 2 aromatic rings. The van der Waals surface area contributed by atoms with E-state index in [9.17, 15) is 9.59 Å². The van der Waals surface area contributed by atoms with Crippen LogP contribution in [-0.4, -0.2) is 25.6 Å². The smallest absolute Gasteiger partial charge is 0.338 e. The van der Waals surface area contributed by atoms with Crippen molar-refractivity contribution in [1.29, 1.82) is 0 Å². The first-order chi connectivity index (χ1) is 12.0. The predicted octanol–water partition coefficient (Wildman–Crippen LogP) is 3.83. The van der Waals surface area contributed by atoms with E-state index in [1.54, 1.807) is 45.2 Å². The van der Waals surface area contributed by atoms with Crippen molar-refractivity contribution in [2.24, 2.45) is 0 Å². The Labute approximate surface area is 147 Å². The van der Waals surface area contributed by atoms with Crippen LogP contribution in [0.5, 0.6) is 5.75 Å². The SMILES string of the molecule is CCOC(=O)c1cccc(NC(=O)/C=C/c2ccc(OC)cc2)c1C. The maximum Gasteiger partial charge on any atom is 0.338 e. The van der Waals surface area contributed by atoms with Crippen LogP contribution in [0.4, 0.5) is 5.69 Å². The van der Waals surface area contributed by atoms with E-state index in [2.05, 4.69) is 5.32 Å². The quantitative estimate of drug-likeness (QED) is 0.642. The van der Waals surface area contributed by atoms with Gasteiger partial charge in [0.05, 0.1) is 19.3 Å². The molecular weight excluding hydrogens is 318 g/mol. The molecule has 2 rings (SSSR count). The van der Waals surface area contributed by atoms with Gasteiger partial charge in [-0.1, -0.05) is 18.2 Å².